The van der Waals surface area contributed by atoms with Crippen molar-refractivity contribution < 1.29 is 13.9 Å². The first kappa shape index (κ1) is 10.7. The molecule has 0 aliphatic carbocycles. The van der Waals surface area contributed by atoms with Gasteiger partial charge in [0.1, 0.15) is 5.82 Å². The second kappa shape index (κ2) is 3.78. The van der Waals surface area contributed by atoms with Crippen LogP contribution in [-0.2, 0) is 4.74 Å². The Balaban J connectivity index is 3.40. The predicted octanol–water partition coefficient (Wildman–Crippen LogP) is 2.54. The zero-order valence-corrected chi connectivity index (χ0v) is 8.77. The average Bonchev–Trinajstić information content (AvgIpc) is 2.19. The molecular formula is C11H13FO2. The van der Waals surface area contributed by atoms with E-state index in [2.05, 4.69) is 4.74 Å². The van der Waals surface area contributed by atoms with Crippen LogP contribution in [0.15, 0.2) is 6.07 Å². The van der Waals surface area contributed by atoms with Gasteiger partial charge in [0, 0.05) is 0 Å². The largest absolute Gasteiger partial charge is 0.465 e. The van der Waals surface area contributed by atoms with Crippen molar-refractivity contribution in [1.29, 1.82) is 0 Å². The Morgan fingerprint density at radius 3 is 2.36 bits per heavy atom. The lowest BCUT2D eigenvalue weighted by Gasteiger charge is -2.09. The summed E-state index contributed by atoms with van der Waals surface area (Å²) >= 11 is 0. The molecule has 14 heavy (non-hydrogen) atoms. The maximum absolute atomic E-state index is 13.4. The van der Waals surface area contributed by atoms with E-state index in [1.54, 1.807) is 20.8 Å². The second-order valence-corrected chi connectivity index (χ2v) is 3.30. The van der Waals surface area contributed by atoms with Gasteiger partial charge in [-0.05, 0) is 43.5 Å². The van der Waals surface area contributed by atoms with Gasteiger partial charge in [-0.1, -0.05) is 0 Å². The van der Waals surface area contributed by atoms with Gasteiger partial charge in [0.25, 0.3) is 0 Å². The number of methoxy groups -OCH3 is 1. The molecule has 0 aromatic heterocycles. The fourth-order valence-corrected chi connectivity index (χ4v) is 1.37. The third-order valence-corrected chi connectivity index (χ3v) is 2.41. The number of carbonyl (C=O) groups is 1. The molecule has 0 unspecified atom stereocenters. The molecule has 0 heterocycles. The maximum Gasteiger partial charge on any atom is 0.338 e. The van der Waals surface area contributed by atoms with E-state index in [-0.39, 0.29) is 5.82 Å². The number of carbonyl (C=O) groups excluding carboxylic acids is 1. The second-order valence-electron chi connectivity index (χ2n) is 3.30. The Labute approximate surface area is 82.7 Å². The van der Waals surface area contributed by atoms with Crippen molar-refractivity contribution in [3.63, 3.8) is 0 Å². The molecule has 0 fully saturated rings. The quantitative estimate of drug-likeness (QED) is 0.645. The van der Waals surface area contributed by atoms with Crippen molar-refractivity contribution in [2.45, 2.75) is 20.8 Å². The Morgan fingerprint density at radius 1 is 1.29 bits per heavy atom. The summed E-state index contributed by atoms with van der Waals surface area (Å²) in [4.78, 5) is 11.3. The van der Waals surface area contributed by atoms with Crippen LogP contribution in [0.5, 0.6) is 0 Å². The van der Waals surface area contributed by atoms with Crippen molar-refractivity contribution in [2.75, 3.05) is 7.11 Å². The number of aryl methyl sites for hydroxylation is 1. The van der Waals surface area contributed by atoms with Crippen LogP contribution in [0.25, 0.3) is 0 Å². The Hall–Kier alpha value is -1.38. The lowest BCUT2D eigenvalue weighted by molar-refractivity contribution is 0.0599. The van der Waals surface area contributed by atoms with Crippen molar-refractivity contribution in [1.82, 2.24) is 0 Å². The summed E-state index contributed by atoms with van der Waals surface area (Å²) < 4.78 is 18.0. The molecular weight excluding hydrogens is 183 g/mol. The van der Waals surface area contributed by atoms with Crippen LogP contribution in [-0.4, -0.2) is 13.1 Å². The maximum atomic E-state index is 13.4. The lowest BCUT2D eigenvalue weighted by atomic mass is 9.99. The molecule has 0 amide bonds. The number of halogens is 1. The summed E-state index contributed by atoms with van der Waals surface area (Å²) in [5, 5.41) is 0. The van der Waals surface area contributed by atoms with Crippen LogP contribution in [0, 0.1) is 26.6 Å². The molecule has 1 aromatic rings. The molecule has 0 aliphatic rings. The smallest absolute Gasteiger partial charge is 0.338 e. The van der Waals surface area contributed by atoms with Gasteiger partial charge >= 0.3 is 5.97 Å². The third-order valence-electron chi connectivity index (χ3n) is 2.41. The fraction of sp³-hybridized carbons (Fsp3) is 0.364. The molecule has 0 N–H and O–H groups in total. The topological polar surface area (TPSA) is 26.3 Å². The zero-order valence-electron chi connectivity index (χ0n) is 8.77. The molecule has 0 atom stereocenters. The van der Waals surface area contributed by atoms with Crippen molar-refractivity contribution >= 4 is 5.97 Å². The molecule has 0 aliphatic heterocycles. The van der Waals surface area contributed by atoms with E-state index in [0.717, 1.165) is 0 Å². The highest BCUT2D eigenvalue weighted by Crippen LogP contribution is 2.20. The summed E-state index contributed by atoms with van der Waals surface area (Å²) in [5.41, 5.74) is 2.04. The average molecular weight is 196 g/mol. The van der Waals surface area contributed by atoms with Gasteiger partial charge in [-0.3, -0.25) is 0 Å². The van der Waals surface area contributed by atoms with Crippen LogP contribution >= 0.6 is 0 Å². The Bertz CT molecular complexity index is 383. The summed E-state index contributed by atoms with van der Waals surface area (Å²) in [7, 11) is 1.32. The van der Waals surface area contributed by atoms with Crippen LogP contribution in [0.2, 0.25) is 0 Å². The van der Waals surface area contributed by atoms with Gasteiger partial charge in [0.2, 0.25) is 0 Å². The van der Waals surface area contributed by atoms with E-state index in [9.17, 15) is 9.18 Å². The molecule has 3 heteroatoms. The Kier molecular flexibility index (Phi) is 2.89. The van der Waals surface area contributed by atoms with Gasteiger partial charge in [-0.2, -0.15) is 0 Å². The highest BCUT2D eigenvalue weighted by molar-refractivity contribution is 5.91. The van der Waals surface area contributed by atoms with Gasteiger partial charge in [-0.15, -0.1) is 0 Å². The van der Waals surface area contributed by atoms with Crippen LogP contribution in [0.3, 0.4) is 0 Å². The number of hydrogen-bond acceptors (Lipinski definition) is 2. The molecule has 1 aromatic carbocycles. The number of ether oxygens (including phenoxy) is 1. The van der Waals surface area contributed by atoms with Crippen molar-refractivity contribution in [3.05, 3.63) is 34.1 Å². The normalized spacial score (nSPS) is 10.1. The standard InChI is InChI=1S/C11H13FO2/c1-6-5-9(11(13)14-4)7(2)8(3)10(6)12/h5H,1-4H3. The minimum absolute atomic E-state index is 0.254. The number of rotatable bonds is 1. The van der Waals surface area contributed by atoms with Crippen LogP contribution in [0.4, 0.5) is 4.39 Å². The van der Waals surface area contributed by atoms with Gasteiger partial charge in [0.15, 0.2) is 0 Å². The summed E-state index contributed by atoms with van der Waals surface area (Å²) in [6.45, 7) is 5.00. The fourth-order valence-electron chi connectivity index (χ4n) is 1.37. The summed E-state index contributed by atoms with van der Waals surface area (Å²) in [6.07, 6.45) is 0. The van der Waals surface area contributed by atoms with E-state index in [4.69, 9.17) is 0 Å². The summed E-state index contributed by atoms with van der Waals surface area (Å²) in [6, 6.07) is 1.52. The highest BCUT2D eigenvalue weighted by Gasteiger charge is 2.15. The van der Waals surface area contributed by atoms with E-state index in [1.807, 2.05) is 0 Å². The molecule has 0 radical (unpaired) electrons. The SMILES string of the molecule is COC(=O)c1cc(C)c(F)c(C)c1C. The molecule has 0 spiro atoms. The van der Waals surface area contributed by atoms with Gasteiger partial charge in [-0.25, -0.2) is 9.18 Å². The lowest BCUT2D eigenvalue weighted by Crippen LogP contribution is -2.07. The first-order valence-corrected chi connectivity index (χ1v) is 4.33. The highest BCUT2D eigenvalue weighted by atomic mass is 19.1. The molecule has 0 bridgehead atoms. The van der Waals surface area contributed by atoms with E-state index in [1.165, 1.54) is 13.2 Å². The number of esters is 1. The van der Waals surface area contributed by atoms with E-state index < -0.39 is 5.97 Å². The zero-order chi connectivity index (χ0) is 10.9. The van der Waals surface area contributed by atoms with Crippen LogP contribution < -0.4 is 0 Å². The molecule has 1 rings (SSSR count). The predicted molar refractivity (Wildman–Crippen MR) is 52.0 cm³/mol. The van der Waals surface area contributed by atoms with Crippen molar-refractivity contribution in [3.8, 4) is 0 Å². The molecule has 0 saturated carbocycles. The number of benzene rings is 1. The first-order chi connectivity index (χ1) is 6.49. The van der Waals surface area contributed by atoms with Gasteiger partial charge in [0.05, 0.1) is 12.7 Å². The monoisotopic (exact) mass is 196 g/mol. The van der Waals surface area contributed by atoms with E-state index in [0.29, 0.717) is 22.3 Å². The van der Waals surface area contributed by atoms with E-state index >= 15 is 0 Å². The van der Waals surface area contributed by atoms with Gasteiger partial charge < -0.3 is 4.74 Å². The first-order valence-electron chi connectivity index (χ1n) is 4.33. The molecule has 2 nitrogen and oxygen atoms in total. The third kappa shape index (κ3) is 1.62. The number of hydrogen-bond donors (Lipinski definition) is 0. The Morgan fingerprint density at radius 2 is 1.86 bits per heavy atom. The minimum atomic E-state index is -0.423. The summed E-state index contributed by atoms with van der Waals surface area (Å²) in [5.74, 6) is -0.677. The minimum Gasteiger partial charge on any atom is -0.465 e. The molecule has 0 saturated heterocycles. The van der Waals surface area contributed by atoms with Crippen LogP contribution in [0.1, 0.15) is 27.0 Å². The molecule has 76 valence electrons. The van der Waals surface area contributed by atoms with Crippen molar-refractivity contribution in [2.24, 2.45) is 0 Å².